The van der Waals surface area contributed by atoms with Crippen LogP contribution in [0.5, 0.6) is 0 Å². The van der Waals surface area contributed by atoms with Crippen molar-refractivity contribution in [1.29, 1.82) is 0 Å². The van der Waals surface area contributed by atoms with Crippen LogP contribution in [0.1, 0.15) is 35.4 Å². The minimum Gasteiger partial charge on any atom is -0.391 e. The highest BCUT2D eigenvalue weighted by atomic mass is 19.1. The highest BCUT2D eigenvalue weighted by Crippen LogP contribution is 2.32. The molecule has 1 N–H and O–H groups in total. The topological polar surface area (TPSA) is 23.5 Å². The zero-order valence-corrected chi connectivity index (χ0v) is 13.9. The molecule has 3 heteroatoms. The quantitative estimate of drug-likeness (QED) is 0.913. The fourth-order valence-electron chi connectivity index (χ4n) is 4.39. The van der Waals surface area contributed by atoms with Crippen LogP contribution in [0.2, 0.25) is 0 Å². The van der Waals surface area contributed by atoms with Crippen molar-refractivity contribution in [1.82, 2.24) is 4.90 Å². The molecule has 4 rings (SSSR count). The van der Waals surface area contributed by atoms with Crippen LogP contribution >= 0.6 is 0 Å². The second-order valence-corrected chi connectivity index (χ2v) is 7.14. The first-order chi connectivity index (χ1) is 11.7. The first-order valence-corrected chi connectivity index (χ1v) is 8.95. The molecular weight excluding hydrogens is 301 g/mol. The van der Waals surface area contributed by atoms with Crippen molar-refractivity contribution in [2.75, 3.05) is 13.1 Å². The minimum atomic E-state index is -0.396. The number of piperidine rings is 1. The summed E-state index contributed by atoms with van der Waals surface area (Å²) in [5.74, 6) is 0.482. The molecule has 24 heavy (non-hydrogen) atoms. The van der Waals surface area contributed by atoms with E-state index in [2.05, 4.69) is 35.2 Å². The van der Waals surface area contributed by atoms with Gasteiger partial charge in [0.2, 0.25) is 0 Å². The maximum atomic E-state index is 14.1. The van der Waals surface area contributed by atoms with Crippen molar-refractivity contribution in [3.8, 4) is 0 Å². The summed E-state index contributed by atoms with van der Waals surface area (Å²) < 4.78 is 14.1. The third-order valence-corrected chi connectivity index (χ3v) is 5.77. The van der Waals surface area contributed by atoms with Crippen LogP contribution in [0.3, 0.4) is 0 Å². The zero-order valence-electron chi connectivity index (χ0n) is 13.9. The van der Waals surface area contributed by atoms with Gasteiger partial charge in [-0.05, 0) is 61.0 Å². The Morgan fingerprint density at radius 1 is 0.917 bits per heavy atom. The molecule has 1 saturated heterocycles. The molecule has 0 saturated carbocycles. The van der Waals surface area contributed by atoms with Crippen molar-refractivity contribution in [3.63, 3.8) is 0 Å². The maximum Gasteiger partial charge on any atom is 0.126 e. The van der Waals surface area contributed by atoms with Crippen molar-refractivity contribution < 1.29 is 9.50 Å². The van der Waals surface area contributed by atoms with E-state index >= 15 is 0 Å². The number of halogens is 1. The zero-order chi connectivity index (χ0) is 16.5. The van der Waals surface area contributed by atoms with Gasteiger partial charge in [0.15, 0.2) is 0 Å². The van der Waals surface area contributed by atoms with Gasteiger partial charge in [0.25, 0.3) is 0 Å². The van der Waals surface area contributed by atoms with Crippen LogP contribution in [0.25, 0.3) is 0 Å². The van der Waals surface area contributed by atoms with Gasteiger partial charge >= 0.3 is 0 Å². The highest BCUT2D eigenvalue weighted by molar-refractivity contribution is 5.33. The molecule has 1 heterocycles. The number of fused-ring (bicyclic) bond motifs is 1. The van der Waals surface area contributed by atoms with E-state index in [0.717, 1.165) is 37.1 Å². The van der Waals surface area contributed by atoms with Crippen molar-refractivity contribution >= 4 is 0 Å². The van der Waals surface area contributed by atoms with Crippen LogP contribution in [0, 0.1) is 5.82 Å². The Bertz CT molecular complexity index is 694. The number of benzene rings is 2. The first kappa shape index (κ1) is 15.8. The summed E-state index contributed by atoms with van der Waals surface area (Å²) in [5, 5.41) is 10.6. The van der Waals surface area contributed by atoms with Gasteiger partial charge in [-0.2, -0.15) is 0 Å². The second-order valence-electron chi connectivity index (χ2n) is 7.14. The third-order valence-electron chi connectivity index (χ3n) is 5.77. The summed E-state index contributed by atoms with van der Waals surface area (Å²) in [4.78, 5) is 2.37. The lowest BCUT2D eigenvalue weighted by Crippen LogP contribution is -2.51. The summed E-state index contributed by atoms with van der Waals surface area (Å²) in [6.07, 6.45) is 3.01. The number of hydrogen-bond donors (Lipinski definition) is 1. The lowest BCUT2D eigenvalue weighted by atomic mass is 9.83. The lowest BCUT2D eigenvalue weighted by Gasteiger charge is -2.42. The number of aliphatic hydroxyl groups excluding tert-OH is 1. The van der Waals surface area contributed by atoms with Gasteiger partial charge < -0.3 is 5.11 Å². The molecule has 2 aromatic rings. The van der Waals surface area contributed by atoms with Crippen LogP contribution in [0.15, 0.2) is 48.5 Å². The fourth-order valence-corrected chi connectivity index (χ4v) is 4.39. The van der Waals surface area contributed by atoms with E-state index in [1.807, 2.05) is 6.07 Å². The van der Waals surface area contributed by atoms with E-state index in [9.17, 15) is 9.50 Å². The summed E-state index contributed by atoms with van der Waals surface area (Å²) in [5.41, 5.74) is 3.19. The van der Waals surface area contributed by atoms with E-state index < -0.39 is 6.10 Å². The van der Waals surface area contributed by atoms with Gasteiger partial charge in [0, 0.05) is 12.5 Å². The van der Waals surface area contributed by atoms with Crippen molar-refractivity contribution in [3.05, 3.63) is 71.0 Å². The predicted octanol–water partition coefficient (Wildman–Crippen LogP) is 3.53. The fraction of sp³-hybridized carbons (Fsp3) is 0.429. The largest absolute Gasteiger partial charge is 0.391 e. The molecular formula is C21H24FNO. The molecule has 2 atom stereocenters. The van der Waals surface area contributed by atoms with Gasteiger partial charge in [0.1, 0.15) is 5.82 Å². The molecule has 0 radical (unpaired) electrons. The molecule has 1 fully saturated rings. The number of rotatable bonds is 2. The van der Waals surface area contributed by atoms with E-state index in [1.54, 1.807) is 6.07 Å². The number of likely N-dealkylation sites (tertiary alicyclic amines) is 1. The molecule has 126 valence electrons. The molecule has 0 bridgehead atoms. The molecule has 0 unspecified atom stereocenters. The van der Waals surface area contributed by atoms with E-state index in [0.29, 0.717) is 18.8 Å². The Morgan fingerprint density at radius 2 is 1.67 bits per heavy atom. The van der Waals surface area contributed by atoms with Gasteiger partial charge in [0.05, 0.1) is 6.10 Å². The Kier molecular flexibility index (Phi) is 4.38. The van der Waals surface area contributed by atoms with Crippen molar-refractivity contribution in [2.24, 2.45) is 0 Å². The van der Waals surface area contributed by atoms with Crippen LogP contribution in [0.4, 0.5) is 4.39 Å². The second kappa shape index (κ2) is 6.66. The van der Waals surface area contributed by atoms with E-state index in [4.69, 9.17) is 0 Å². The summed E-state index contributed by atoms with van der Waals surface area (Å²) >= 11 is 0. The summed E-state index contributed by atoms with van der Waals surface area (Å²) in [7, 11) is 0. The molecule has 0 aromatic heterocycles. The Hall–Kier alpha value is -1.71. The SMILES string of the molecule is O[C@H]1Cc2cccc(F)c2C[C@@H]1N1CCC(c2ccccc2)CC1. The van der Waals surface area contributed by atoms with Crippen LogP contribution in [-0.2, 0) is 12.8 Å². The van der Waals surface area contributed by atoms with Gasteiger partial charge in [-0.15, -0.1) is 0 Å². The average molecular weight is 325 g/mol. The number of nitrogens with zero attached hydrogens (tertiary/aromatic N) is 1. The summed E-state index contributed by atoms with van der Waals surface area (Å²) in [6.45, 7) is 1.95. The Labute approximate surface area is 142 Å². The normalized spacial score (nSPS) is 25.4. The molecule has 1 aliphatic carbocycles. The predicted molar refractivity (Wildman–Crippen MR) is 93.6 cm³/mol. The summed E-state index contributed by atoms with van der Waals surface area (Å²) in [6, 6.07) is 16.0. The molecule has 0 amide bonds. The molecule has 1 aliphatic heterocycles. The first-order valence-electron chi connectivity index (χ1n) is 8.95. The Morgan fingerprint density at radius 3 is 2.42 bits per heavy atom. The average Bonchev–Trinajstić information content (AvgIpc) is 2.62. The molecule has 2 nitrogen and oxygen atoms in total. The highest BCUT2D eigenvalue weighted by Gasteiger charge is 2.34. The van der Waals surface area contributed by atoms with Crippen LogP contribution < -0.4 is 0 Å². The Balaban J connectivity index is 1.45. The molecule has 0 spiro atoms. The maximum absolute atomic E-state index is 14.1. The van der Waals surface area contributed by atoms with Crippen LogP contribution in [-0.4, -0.2) is 35.2 Å². The van der Waals surface area contributed by atoms with E-state index in [-0.39, 0.29) is 11.9 Å². The van der Waals surface area contributed by atoms with E-state index in [1.165, 1.54) is 11.6 Å². The monoisotopic (exact) mass is 325 g/mol. The molecule has 2 aromatic carbocycles. The lowest BCUT2D eigenvalue weighted by molar-refractivity contribution is 0.0288. The smallest absolute Gasteiger partial charge is 0.126 e. The van der Waals surface area contributed by atoms with Gasteiger partial charge in [-0.3, -0.25) is 4.90 Å². The van der Waals surface area contributed by atoms with Gasteiger partial charge in [-0.1, -0.05) is 42.5 Å². The molecule has 2 aliphatic rings. The van der Waals surface area contributed by atoms with Crippen molar-refractivity contribution in [2.45, 2.75) is 43.7 Å². The number of hydrogen-bond acceptors (Lipinski definition) is 2. The third kappa shape index (κ3) is 2.99. The standard InChI is InChI=1S/C21H24FNO/c22-19-8-4-7-17-13-21(24)20(14-18(17)19)23-11-9-16(10-12-23)15-5-2-1-3-6-15/h1-8,16,20-21,24H,9-14H2/t20-,21-/m0/s1. The van der Waals surface area contributed by atoms with Gasteiger partial charge in [-0.25, -0.2) is 4.39 Å². The minimum absolute atomic E-state index is 0.0473. The number of aliphatic hydroxyl groups is 1.